The summed E-state index contributed by atoms with van der Waals surface area (Å²) in [5.41, 5.74) is 1.45. The SMILES string of the molecule is CCC1CCNC(c2cscc2Br)C1. The first-order valence-corrected chi connectivity index (χ1v) is 6.99. The third-order valence-corrected chi connectivity index (χ3v) is 4.86. The fourth-order valence-electron chi connectivity index (χ4n) is 2.14. The molecule has 1 aliphatic rings. The van der Waals surface area contributed by atoms with Crippen LogP contribution in [-0.2, 0) is 0 Å². The summed E-state index contributed by atoms with van der Waals surface area (Å²) in [4.78, 5) is 0. The molecule has 0 aromatic carbocycles. The first-order valence-electron chi connectivity index (χ1n) is 5.26. The molecule has 14 heavy (non-hydrogen) atoms. The van der Waals surface area contributed by atoms with Gasteiger partial charge in [0.25, 0.3) is 0 Å². The number of piperidine rings is 1. The molecule has 1 aromatic rings. The van der Waals surface area contributed by atoms with Crippen LogP contribution in [0.3, 0.4) is 0 Å². The van der Waals surface area contributed by atoms with Gasteiger partial charge in [-0.1, -0.05) is 13.3 Å². The predicted octanol–water partition coefficient (Wildman–Crippen LogP) is 3.96. The highest BCUT2D eigenvalue weighted by Crippen LogP contribution is 2.34. The first-order chi connectivity index (χ1) is 6.81. The smallest absolute Gasteiger partial charge is 0.0342 e. The Labute approximate surface area is 98.0 Å². The molecule has 0 saturated carbocycles. The number of hydrogen-bond donors (Lipinski definition) is 1. The maximum Gasteiger partial charge on any atom is 0.0342 e. The Hall–Kier alpha value is 0.140. The monoisotopic (exact) mass is 273 g/mol. The van der Waals surface area contributed by atoms with Crippen LogP contribution in [0.2, 0.25) is 0 Å². The Morgan fingerprint density at radius 3 is 3.07 bits per heavy atom. The standard InChI is InChI=1S/C11H16BrNS/c1-2-8-3-4-13-11(5-8)9-6-14-7-10(9)12/h6-8,11,13H,2-5H2,1H3. The van der Waals surface area contributed by atoms with Crippen LogP contribution < -0.4 is 5.32 Å². The second-order valence-electron chi connectivity index (χ2n) is 3.98. The van der Waals surface area contributed by atoms with Crippen molar-refractivity contribution in [1.82, 2.24) is 5.32 Å². The van der Waals surface area contributed by atoms with Gasteiger partial charge in [0, 0.05) is 15.9 Å². The first kappa shape index (κ1) is 10.7. The molecule has 2 heterocycles. The zero-order valence-electron chi connectivity index (χ0n) is 8.42. The Morgan fingerprint density at radius 2 is 2.43 bits per heavy atom. The van der Waals surface area contributed by atoms with Gasteiger partial charge in [0.05, 0.1) is 0 Å². The van der Waals surface area contributed by atoms with Crippen molar-refractivity contribution in [3.63, 3.8) is 0 Å². The molecule has 1 fully saturated rings. The summed E-state index contributed by atoms with van der Waals surface area (Å²) < 4.78 is 1.27. The van der Waals surface area contributed by atoms with E-state index in [9.17, 15) is 0 Å². The Kier molecular flexibility index (Phi) is 3.63. The molecule has 1 nitrogen and oxygen atoms in total. The minimum Gasteiger partial charge on any atom is -0.310 e. The molecule has 0 spiro atoms. The second kappa shape index (κ2) is 4.77. The van der Waals surface area contributed by atoms with Crippen LogP contribution in [0.25, 0.3) is 0 Å². The van der Waals surface area contributed by atoms with Crippen molar-refractivity contribution in [2.75, 3.05) is 6.54 Å². The normalized spacial score (nSPS) is 27.9. The minimum absolute atomic E-state index is 0.578. The van der Waals surface area contributed by atoms with E-state index in [2.05, 4.69) is 38.9 Å². The van der Waals surface area contributed by atoms with E-state index in [1.54, 1.807) is 11.3 Å². The van der Waals surface area contributed by atoms with Gasteiger partial charge in [-0.2, -0.15) is 11.3 Å². The van der Waals surface area contributed by atoms with E-state index < -0.39 is 0 Å². The third kappa shape index (κ3) is 2.20. The van der Waals surface area contributed by atoms with Crippen LogP contribution in [0.1, 0.15) is 37.8 Å². The van der Waals surface area contributed by atoms with Gasteiger partial charge in [-0.25, -0.2) is 0 Å². The lowest BCUT2D eigenvalue weighted by Crippen LogP contribution is -2.31. The summed E-state index contributed by atoms with van der Waals surface area (Å²) in [6.07, 6.45) is 3.96. The topological polar surface area (TPSA) is 12.0 Å². The maximum atomic E-state index is 3.61. The summed E-state index contributed by atoms with van der Waals surface area (Å²) in [7, 11) is 0. The number of nitrogens with one attached hydrogen (secondary N) is 1. The van der Waals surface area contributed by atoms with Crippen LogP contribution >= 0.6 is 27.3 Å². The Bertz CT molecular complexity index is 297. The number of rotatable bonds is 2. The molecule has 0 amide bonds. The molecule has 2 atom stereocenters. The highest BCUT2D eigenvalue weighted by atomic mass is 79.9. The van der Waals surface area contributed by atoms with Gasteiger partial charge in [0.15, 0.2) is 0 Å². The molecule has 1 aliphatic heterocycles. The van der Waals surface area contributed by atoms with Crippen LogP contribution in [-0.4, -0.2) is 6.54 Å². The fourth-order valence-corrected chi connectivity index (χ4v) is 3.77. The quantitative estimate of drug-likeness (QED) is 0.860. The van der Waals surface area contributed by atoms with Gasteiger partial charge >= 0.3 is 0 Å². The van der Waals surface area contributed by atoms with Gasteiger partial charge in [-0.3, -0.25) is 0 Å². The number of halogens is 1. The third-order valence-electron chi connectivity index (χ3n) is 3.11. The predicted molar refractivity (Wildman–Crippen MR) is 65.8 cm³/mol. The summed E-state index contributed by atoms with van der Waals surface area (Å²) >= 11 is 5.40. The van der Waals surface area contributed by atoms with Gasteiger partial charge in [-0.05, 0) is 52.2 Å². The summed E-state index contributed by atoms with van der Waals surface area (Å²) in [6, 6.07) is 0.578. The molecule has 0 bridgehead atoms. The average molecular weight is 274 g/mol. The van der Waals surface area contributed by atoms with E-state index in [1.807, 2.05) is 0 Å². The van der Waals surface area contributed by atoms with E-state index in [0.29, 0.717) is 6.04 Å². The van der Waals surface area contributed by atoms with Gasteiger partial charge in [-0.15, -0.1) is 0 Å². The van der Waals surface area contributed by atoms with Crippen molar-refractivity contribution < 1.29 is 0 Å². The average Bonchev–Trinajstić information content (AvgIpc) is 2.65. The lowest BCUT2D eigenvalue weighted by molar-refractivity contribution is 0.299. The van der Waals surface area contributed by atoms with Crippen LogP contribution in [0.4, 0.5) is 0 Å². The summed E-state index contributed by atoms with van der Waals surface area (Å²) in [6.45, 7) is 3.47. The molecule has 1 N–H and O–H groups in total. The molecular weight excluding hydrogens is 258 g/mol. The minimum atomic E-state index is 0.578. The molecule has 78 valence electrons. The largest absolute Gasteiger partial charge is 0.310 e. The molecule has 2 rings (SSSR count). The zero-order valence-corrected chi connectivity index (χ0v) is 10.8. The Balaban J connectivity index is 2.08. The lowest BCUT2D eigenvalue weighted by atomic mass is 9.88. The molecular formula is C11H16BrNS. The van der Waals surface area contributed by atoms with Crippen molar-refractivity contribution in [2.45, 2.75) is 32.2 Å². The van der Waals surface area contributed by atoms with Crippen molar-refractivity contribution >= 4 is 27.3 Å². The number of hydrogen-bond acceptors (Lipinski definition) is 2. The van der Waals surface area contributed by atoms with Gasteiger partial charge in [0.2, 0.25) is 0 Å². The molecule has 0 radical (unpaired) electrons. The van der Waals surface area contributed by atoms with Crippen LogP contribution in [0.15, 0.2) is 15.2 Å². The van der Waals surface area contributed by atoms with Crippen LogP contribution in [0, 0.1) is 5.92 Å². The van der Waals surface area contributed by atoms with Gasteiger partial charge < -0.3 is 5.32 Å². The van der Waals surface area contributed by atoms with Crippen molar-refractivity contribution in [3.8, 4) is 0 Å². The zero-order chi connectivity index (χ0) is 9.97. The van der Waals surface area contributed by atoms with E-state index in [-0.39, 0.29) is 0 Å². The van der Waals surface area contributed by atoms with Crippen molar-refractivity contribution in [3.05, 3.63) is 20.8 Å². The molecule has 1 saturated heterocycles. The van der Waals surface area contributed by atoms with Crippen LogP contribution in [0.5, 0.6) is 0 Å². The van der Waals surface area contributed by atoms with Crippen molar-refractivity contribution in [2.24, 2.45) is 5.92 Å². The summed E-state index contributed by atoms with van der Waals surface area (Å²) in [5.74, 6) is 0.910. The Morgan fingerprint density at radius 1 is 1.57 bits per heavy atom. The van der Waals surface area contributed by atoms with Crippen molar-refractivity contribution in [1.29, 1.82) is 0 Å². The molecule has 2 unspecified atom stereocenters. The van der Waals surface area contributed by atoms with E-state index in [0.717, 1.165) is 5.92 Å². The van der Waals surface area contributed by atoms with E-state index in [1.165, 1.54) is 35.8 Å². The number of thiophene rings is 1. The van der Waals surface area contributed by atoms with E-state index >= 15 is 0 Å². The fraction of sp³-hybridized carbons (Fsp3) is 0.636. The highest BCUT2D eigenvalue weighted by Gasteiger charge is 2.23. The highest BCUT2D eigenvalue weighted by molar-refractivity contribution is 9.10. The van der Waals surface area contributed by atoms with E-state index in [4.69, 9.17) is 0 Å². The van der Waals surface area contributed by atoms with Gasteiger partial charge in [0.1, 0.15) is 0 Å². The molecule has 0 aliphatic carbocycles. The lowest BCUT2D eigenvalue weighted by Gasteiger charge is -2.29. The molecule has 1 aromatic heterocycles. The maximum absolute atomic E-state index is 3.61. The molecule has 3 heteroatoms. The second-order valence-corrected chi connectivity index (χ2v) is 5.58. The summed E-state index contributed by atoms with van der Waals surface area (Å²) in [5, 5.41) is 8.04.